The molecule has 0 aromatic heterocycles. The van der Waals surface area contributed by atoms with E-state index in [4.69, 9.17) is 15.6 Å². The van der Waals surface area contributed by atoms with Crippen LogP contribution in [-0.4, -0.2) is 43.5 Å². The molecule has 84 valence electrons. The molecule has 0 amide bonds. The van der Waals surface area contributed by atoms with Gasteiger partial charge in [-0.3, -0.25) is 0 Å². The minimum atomic E-state index is -1.22. The van der Waals surface area contributed by atoms with Gasteiger partial charge in [0, 0.05) is 13.2 Å². The van der Waals surface area contributed by atoms with Crippen LogP contribution >= 0.6 is 0 Å². The van der Waals surface area contributed by atoms with Crippen molar-refractivity contribution in [3.63, 3.8) is 0 Å². The maximum Gasteiger partial charge on any atom is 0.336 e. The van der Waals surface area contributed by atoms with Crippen molar-refractivity contribution in [3.8, 4) is 0 Å². The molecule has 0 bridgehead atoms. The lowest BCUT2D eigenvalue weighted by Gasteiger charge is -2.08. The van der Waals surface area contributed by atoms with Gasteiger partial charge in [-0.2, -0.15) is 0 Å². The number of hydrogen-bond donors (Lipinski definition) is 2. The maximum absolute atomic E-state index is 10.9. The van der Waals surface area contributed by atoms with Crippen LogP contribution in [0, 0.1) is 0 Å². The molecule has 1 unspecified atom stereocenters. The number of aliphatic hydroxyl groups is 1. The Hall–Kier alpha value is -0.650. The first-order chi connectivity index (χ1) is 6.72. The Kier molecular flexibility index (Phi) is 8.51. The van der Waals surface area contributed by atoms with E-state index in [0.717, 1.165) is 12.8 Å². The number of carbonyl (C=O) groups excluding carboxylic acids is 1. The second kappa shape index (κ2) is 8.93. The Morgan fingerprint density at radius 2 is 2.14 bits per heavy atom. The number of esters is 1. The zero-order valence-corrected chi connectivity index (χ0v) is 8.57. The van der Waals surface area contributed by atoms with Crippen LogP contribution in [0.2, 0.25) is 0 Å². The van der Waals surface area contributed by atoms with Gasteiger partial charge in [-0.05, 0) is 6.42 Å². The summed E-state index contributed by atoms with van der Waals surface area (Å²) < 4.78 is 9.83. The maximum atomic E-state index is 10.9. The summed E-state index contributed by atoms with van der Waals surface area (Å²) in [5.74, 6) is -0.688. The molecule has 0 aliphatic rings. The fourth-order valence-electron chi connectivity index (χ4n) is 0.742. The van der Waals surface area contributed by atoms with Crippen molar-refractivity contribution in [2.75, 3.05) is 26.4 Å². The predicted octanol–water partition coefficient (Wildman–Crippen LogP) is -0.334. The lowest BCUT2D eigenvalue weighted by atomic mass is 10.4. The average molecular weight is 205 g/mol. The number of carbonyl (C=O) groups is 1. The largest absolute Gasteiger partial charge is 0.461 e. The van der Waals surface area contributed by atoms with Gasteiger partial charge in [0.1, 0.15) is 6.61 Å². The van der Waals surface area contributed by atoms with E-state index in [1.165, 1.54) is 0 Å². The second-order valence-electron chi connectivity index (χ2n) is 2.88. The third-order valence-electron chi connectivity index (χ3n) is 1.61. The molecule has 0 rings (SSSR count). The Morgan fingerprint density at radius 3 is 2.71 bits per heavy atom. The second-order valence-corrected chi connectivity index (χ2v) is 2.88. The van der Waals surface area contributed by atoms with Crippen LogP contribution in [-0.2, 0) is 14.3 Å². The van der Waals surface area contributed by atoms with Crippen LogP contribution in [0.1, 0.15) is 19.8 Å². The van der Waals surface area contributed by atoms with Gasteiger partial charge in [-0.25, -0.2) is 4.79 Å². The average Bonchev–Trinajstić information content (AvgIpc) is 2.21. The van der Waals surface area contributed by atoms with E-state index in [-0.39, 0.29) is 13.2 Å². The van der Waals surface area contributed by atoms with Crippen LogP contribution in [0.15, 0.2) is 0 Å². The monoisotopic (exact) mass is 205 g/mol. The lowest BCUT2D eigenvalue weighted by molar-refractivity contribution is -0.154. The highest BCUT2D eigenvalue weighted by Crippen LogP contribution is 1.89. The molecule has 0 spiro atoms. The van der Waals surface area contributed by atoms with E-state index < -0.39 is 12.1 Å². The summed E-state index contributed by atoms with van der Waals surface area (Å²) in [5, 5.41) is 8.93. The number of nitrogens with two attached hydrogens (primary N) is 1. The molecule has 0 aliphatic carbocycles. The van der Waals surface area contributed by atoms with E-state index in [1.54, 1.807) is 0 Å². The molecule has 5 nitrogen and oxygen atoms in total. The topological polar surface area (TPSA) is 81.8 Å². The van der Waals surface area contributed by atoms with E-state index in [9.17, 15) is 4.79 Å². The minimum absolute atomic E-state index is 0.116. The Bertz CT molecular complexity index is 152. The standard InChI is InChI=1S/C9H19NO4/c1-2-3-4-13-5-6-14-9(12)8(11)7-10/h8,11H,2-7,10H2,1H3. The Labute approximate surface area is 84.2 Å². The highest BCUT2D eigenvalue weighted by molar-refractivity contribution is 5.74. The summed E-state index contributed by atoms with van der Waals surface area (Å²) in [6.07, 6.45) is 0.857. The van der Waals surface area contributed by atoms with Crippen LogP contribution in [0.5, 0.6) is 0 Å². The Balaban J connectivity index is 3.23. The van der Waals surface area contributed by atoms with Gasteiger partial charge in [0.25, 0.3) is 0 Å². The number of ether oxygens (including phenoxy) is 2. The van der Waals surface area contributed by atoms with Gasteiger partial charge >= 0.3 is 5.97 Å². The molecular weight excluding hydrogens is 186 g/mol. The van der Waals surface area contributed by atoms with Crippen molar-refractivity contribution in [2.45, 2.75) is 25.9 Å². The summed E-state index contributed by atoms with van der Waals surface area (Å²) in [5.41, 5.74) is 5.06. The normalized spacial score (nSPS) is 12.5. The van der Waals surface area contributed by atoms with Crippen LogP contribution in [0.3, 0.4) is 0 Å². The Morgan fingerprint density at radius 1 is 1.43 bits per heavy atom. The van der Waals surface area contributed by atoms with Crippen molar-refractivity contribution in [2.24, 2.45) is 5.73 Å². The molecule has 5 heteroatoms. The van der Waals surface area contributed by atoms with Crippen molar-refractivity contribution in [3.05, 3.63) is 0 Å². The molecular formula is C9H19NO4. The van der Waals surface area contributed by atoms with E-state index >= 15 is 0 Å². The molecule has 1 atom stereocenters. The van der Waals surface area contributed by atoms with Crippen LogP contribution in [0.25, 0.3) is 0 Å². The number of hydrogen-bond acceptors (Lipinski definition) is 5. The lowest BCUT2D eigenvalue weighted by Crippen LogP contribution is -2.31. The first-order valence-corrected chi connectivity index (χ1v) is 4.84. The van der Waals surface area contributed by atoms with Crippen LogP contribution in [0.4, 0.5) is 0 Å². The number of aliphatic hydroxyl groups excluding tert-OH is 1. The highest BCUT2D eigenvalue weighted by atomic mass is 16.6. The molecule has 0 fully saturated rings. The smallest absolute Gasteiger partial charge is 0.336 e. The highest BCUT2D eigenvalue weighted by Gasteiger charge is 2.13. The number of rotatable bonds is 8. The third kappa shape index (κ3) is 6.82. The SMILES string of the molecule is CCCCOCCOC(=O)C(O)CN. The molecule has 0 radical (unpaired) electrons. The first kappa shape index (κ1) is 13.4. The van der Waals surface area contributed by atoms with Gasteiger partial charge < -0.3 is 20.3 Å². The van der Waals surface area contributed by atoms with Crippen molar-refractivity contribution in [1.29, 1.82) is 0 Å². The molecule has 0 aliphatic heterocycles. The van der Waals surface area contributed by atoms with E-state index in [1.807, 2.05) is 0 Å². The quantitative estimate of drug-likeness (QED) is 0.418. The van der Waals surface area contributed by atoms with Gasteiger partial charge in [0.15, 0.2) is 6.10 Å². The van der Waals surface area contributed by atoms with E-state index in [2.05, 4.69) is 11.7 Å². The molecule has 3 N–H and O–H groups in total. The van der Waals surface area contributed by atoms with Crippen molar-refractivity contribution < 1.29 is 19.4 Å². The van der Waals surface area contributed by atoms with Gasteiger partial charge in [-0.15, -0.1) is 0 Å². The summed E-state index contributed by atoms with van der Waals surface area (Å²) >= 11 is 0. The molecule has 14 heavy (non-hydrogen) atoms. The fourth-order valence-corrected chi connectivity index (χ4v) is 0.742. The first-order valence-electron chi connectivity index (χ1n) is 4.84. The summed E-state index contributed by atoms with van der Waals surface area (Å²) in [6.45, 7) is 3.16. The summed E-state index contributed by atoms with van der Waals surface area (Å²) in [7, 11) is 0. The predicted molar refractivity (Wildman–Crippen MR) is 51.7 cm³/mol. The van der Waals surface area contributed by atoms with Crippen molar-refractivity contribution >= 4 is 5.97 Å². The molecule has 0 aromatic carbocycles. The fraction of sp³-hybridized carbons (Fsp3) is 0.889. The summed E-state index contributed by atoms with van der Waals surface area (Å²) in [4.78, 5) is 10.9. The third-order valence-corrected chi connectivity index (χ3v) is 1.61. The molecule has 0 saturated heterocycles. The van der Waals surface area contributed by atoms with Gasteiger partial charge in [0.2, 0.25) is 0 Å². The zero-order valence-electron chi connectivity index (χ0n) is 8.57. The van der Waals surface area contributed by atoms with Gasteiger partial charge in [0.05, 0.1) is 6.61 Å². The number of unbranched alkanes of at least 4 members (excludes halogenated alkanes) is 1. The van der Waals surface area contributed by atoms with Gasteiger partial charge in [-0.1, -0.05) is 13.3 Å². The van der Waals surface area contributed by atoms with Crippen LogP contribution < -0.4 is 5.73 Å². The molecule has 0 aromatic rings. The summed E-state index contributed by atoms with van der Waals surface area (Å²) in [6, 6.07) is 0. The molecule has 0 saturated carbocycles. The molecule has 0 heterocycles. The zero-order chi connectivity index (χ0) is 10.8. The minimum Gasteiger partial charge on any atom is -0.461 e. The van der Waals surface area contributed by atoms with E-state index in [0.29, 0.717) is 13.2 Å². The van der Waals surface area contributed by atoms with Crippen molar-refractivity contribution in [1.82, 2.24) is 0 Å².